The molecule has 0 aliphatic carbocycles. The van der Waals surface area contributed by atoms with Crippen molar-refractivity contribution < 1.29 is 14.7 Å². The number of nitrogens with one attached hydrogen (secondary N) is 2. The van der Waals surface area contributed by atoms with E-state index in [-0.39, 0.29) is 53.3 Å². The Morgan fingerprint density at radius 2 is 1.76 bits per heavy atom. The largest absolute Gasteiger partial charge is 0.494 e. The summed E-state index contributed by atoms with van der Waals surface area (Å²) in [5.41, 5.74) is 7.01. The summed E-state index contributed by atoms with van der Waals surface area (Å²) >= 11 is 0. The minimum absolute atomic E-state index is 0.00629. The molecule has 0 saturated carbocycles. The summed E-state index contributed by atoms with van der Waals surface area (Å²) < 4.78 is 1.10. The molecule has 3 atom stereocenters. The summed E-state index contributed by atoms with van der Waals surface area (Å²) in [5.74, 6) is -0.861. The molecule has 2 rings (SSSR count). The topological polar surface area (TPSA) is 154 Å². The number of hydrogen-bond donors (Lipinski definition) is 4. The molecule has 0 aliphatic heterocycles. The Balaban J connectivity index is 2.49. The van der Waals surface area contributed by atoms with Gasteiger partial charge in [0.2, 0.25) is 5.88 Å². The Morgan fingerprint density at radius 3 is 2.35 bits per heavy atom. The molecule has 5 N–H and O–H groups in total. The van der Waals surface area contributed by atoms with Crippen LogP contribution in [0.5, 0.6) is 5.88 Å². The van der Waals surface area contributed by atoms with E-state index in [1.807, 2.05) is 18.7 Å². The van der Waals surface area contributed by atoms with Crippen LogP contribution in [0, 0.1) is 12.8 Å². The summed E-state index contributed by atoms with van der Waals surface area (Å²) in [4.78, 5) is 42.1. The number of hydrogen-bond acceptors (Lipinski definition) is 8. The molecular weight excluding hydrogens is 582 g/mol. The molecule has 46 heavy (non-hydrogen) atoms. The maximum atomic E-state index is 14.1. The summed E-state index contributed by atoms with van der Waals surface area (Å²) in [6.07, 6.45) is 5.82. The predicted octanol–water partition coefficient (Wildman–Crippen LogP) is 6.20. The molecule has 0 radical (unpaired) electrons. The van der Waals surface area contributed by atoms with Crippen LogP contribution >= 0.6 is 0 Å². The van der Waals surface area contributed by atoms with Gasteiger partial charge in [0.05, 0.1) is 5.69 Å². The monoisotopic (exact) mass is 639 g/mol. The van der Waals surface area contributed by atoms with Crippen molar-refractivity contribution >= 4 is 23.2 Å². The van der Waals surface area contributed by atoms with Crippen LogP contribution < -0.4 is 21.9 Å². The summed E-state index contributed by atoms with van der Waals surface area (Å²) in [6, 6.07) is 6.86. The fourth-order valence-corrected chi connectivity index (χ4v) is 5.56. The van der Waals surface area contributed by atoms with Crippen molar-refractivity contribution in [1.82, 2.24) is 20.1 Å². The van der Waals surface area contributed by atoms with E-state index in [0.29, 0.717) is 24.3 Å². The highest BCUT2D eigenvalue weighted by molar-refractivity contribution is 5.99. The number of nitrogens with two attached hydrogens (primary N) is 1. The van der Waals surface area contributed by atoms with Gasteiger partial charge in [-0.05, 0) is 77.6 Å². The maximum Gasteiger partial charge on any atom is 0.281 e. The van der Waals surface area contributed by atoms with Crippen LogP contribution in [-0.2, 0) is 6.54 Å². The Kier molecular flexibility index (Phi) is 16.1. The smallest absolute Gasteiger partial charge is 0.281 e. The van der Waals surface area contributed by atoms with Crippen molar-refractivity contribution in [2.75, 3.05) is 19.6 Å². The summed E-state index contributed by atoms with van der Waals surface area (Å²) in [5, 5.41) is 25.7. The third-order valence-electron chi connectivity index (χ3n) is 8.37. The first-order valence-electron chi connectivity index (χ1n) is 17.0. The molecule has 11 nitrogen and oxygen atoms in total. The van der Waals surface area contributed by atoms with Gasteiger partial charge < -0.3 is 26.4 Å². The second kappa shape index (κ2) is 19.2. The fourth-order valence-electron chi connectivity index (χ4n) is 5.56. The molecule has 0 bridgehead atoms. The van der Waals surface area contributed by atoms with Crippen LogP contribution in [-0.4, -0.2) is 64.1 Å². The third kappa shape index (κ3) is 10.5. The van der Waals surface area contributed by atoms with Crippen molar-refractivity contribution in [3.05, 3.63) is 51.3 Å². The molecule has 1 heterocycles. The molecule has 1 aromatic carbocycles. The number of carbonyl (C=O) groups is 2. The van der Waals surface area contributed by atoms with Crippen LogP contribution in [0.15, 0.2) is 39.3 Å². The number of carbonyl (C=O) groups excluding carboxylic acids is 2. The first kappa shape index (κ1) is 38.6. The third-order valence-corrected chi connectivity index (χ3v) is 8.37. The quantitative estimate of drug-likeness (QED) is 0.106. The van der Waals surface area contributed by atoms with Gasteiger partial charge in [-0.15, -0.1) is 5.11 Å². The fraction of sp³-hybridized carbons (Fsp3) is 0.629. The molecule has 11 heteroatoms. The predicted molar refractivity (Wildman–Crippen MR) is 186 cm³/mol. The Bertz CT molecular complexity index is 1370. The van der Waals surface area contributed by atoms with E-state index in [1.165, 1.54) is 0 Å². The average molecular weight is 640 g/mol. The number of azo groups is 1. The molecule has 0 saturated heterocycles. The lowest BCUT2D eigenvalue weighted by Gasteiger charge is -2.33. The molecule has 256 valence electrons. The van der Waals surface area contributed by atoms with E-state index < -0.39 is 17.3 Å². The van der Waals surface area contributed by atoms with Gasteiger partial charge in [-0.3, -0.25) is 19.0 Å². The van der Waals surface area contributed by atoms with E-state index in [4.69, 9.17) is 5.73 Å². The minimum atomic E-state index is -0.559. The second-order valence-electron chi connectivity index (χ2n) is 12.3. The number of aromatic hydroxyl groups is 1. The van der Waals surface area contributed by atoms with Gasteiger partial charge in [0.25, 0.3) is 17.4 Å². The molecule has 0 spiro atoms. The van der Waals surface area contributed by atoms with Gasteiger partial charge in [0.15, 0.2) is 5.69 Å². The van der Waals surface area contributed by atoms with Gasteiger partial charge in [0, 0.05) is 48.9 Å². The van der Waals surface area contributed by atoms with E-state index in [1.54, 1.807) is 38.1 Å². The van der Waals surface area contributed by atoms with Crippen LogP contribution in [0.1, 0.15) is 113 Å². The first-order chi connectivity index (χ1) is 21.9. The van der Waals surface area contributed by atoms with Crippen molar-refractivity contribution in [3.63, 3.8) is 0 Å². The van der Waals surface area contributed by atoms with Crippen LogP contribution in [0.2, 0.25) is 0 Å². The molecule has 0 aliphatic rings. The van der Waals surface area contributed by atoms with Crippen molar-refractivity contribution in [2.24, 2.45) is 21.9 Å². The molecule has 2 aromatic rings. The van der Waals surface area contributed by atoms with Gasteiger partial charge in [-0.1, -0.05) is 53.0 Å². The molecular formula is C35H57N7O4. The number of nitrogens with zero attached hydrogens (tertiary/aromatic N) is 4. The Morgan fingerprint density at radius 1 is 1.04 bits per heavy atom. The highest BCUT2D eigenvalue weighted by atomic mass is 16.3. The van der Waals surface area contributed by atoms with Gasteiger partial charge in [0.1, 0.15) is 5.56 Å². The van der Waals surface area contributed by atoms with E-state index in [9.17, 15) is 19.5 Å². The van der Waals surface area contributed by atoms with Crippen molar-refractivity contribution in [3.8, 4) is 5.88 Å². The standard InChI is InChI=1S/C35H57N7O4/c1-9-14-19-37-27(12-4)22-41(21-25(11-3)29(36)16-10-2)33(44)26-17-15-18-28(20-26)39-40-31-24(8)30(32(43)38-23(6)7)34(45)42(13-5)35(31)46/h15,17-18,20,23,25,27,29,37,45H,9-14,16,19,21-22,36H2,1-8H3,(H,38,43). The molecule has 3 unspecified atom stereocenters. The molecule has 1 aromatic heterocycles. The Hall–Kier alpha value is -3.57. The first-order valence-corrected chi connectivity index (χ1v) is 17.0. The van der Waals surface area contributed by atoms with Gasteiger partial charge in [-0.2, -0.15) is 5.11 Å². The molecule has 2 amide bonds. The molecule has 0 fully saturated rings. The number of rotatable bonds is 19. The second-order valence-corrected chi connectivity index (χ2v) is 12.3. The summed E-state index contributed by atoms with van der Waals surface area (Å²) in [7, 11) is 0. The zero-order valence-corrected chi connectivity index (χ0v) is 29.2. The van der Waals surface area contributed by atoms with Crippen LogP contribution in [0.25, 0.3) is 0 Å². The van der Waals surface area contributed by atoms with Crippen LogP contribution in [0.3, 0.4) is 0 Å². The zero-order valence-electron chi connectivity index (χ0n) is 29.2. The average Bonchev–Trinajstić information content (AvgIpc) is 3.01. The van der Waals surface area contributed by atoms with Crippen molar-refractivity contribution in [2.45, 2.75) is 119 Å². The SMILES string of the molecule is CCCCNC(CC)CN(CC(CC)C(N)CCC)C(=O)c1cccc(N=Nc2c(C)c(C(=O)NC(C)C)c(O)n(CC)c2=O)c1. The van der Waals surface area contributed by atoms with E-state index in [0.717, 1.165) is 49.6 Å². The Labute approximate surface area is 275 Å². The van der Waals surface area contributed by atoms with E-state index >= 15 is 0 Å². The normalized spacial score (nSPS) is 13.6. The highest BCUT2D eigenvalue weighted by Crippen LogP contribution is 2.28. The number of aromatic nitrogens is 1. The maximum absolute atomic E-state index is 14.1. The minimum Gasteiger partial charge on any atom is -0.494 e. The lowest BCUT2D eigenvalue weighted by Crippen LogP contribution is -2.48. The highest BCUT2D eigenvalue weighted by Gasteiger charge is 2.26. The van der Waals surface area contributed by atoms with Crippen LogP contribution in [0.4, 0.5) is 11.4 Å². The number of pyridine rings is 1. The lowest BCUT2D eigenvalue weighted by molar-refractivity contribution is 0.0694. The van der Waals surface area contributed by atoms with Gasteiger partial charge in [-0.25, -0.2) is 0 Å². The van der Waals surface area contributed by atoms with E-state index in [2.05, 4.69) is 48.6 Å². The van der Waals surface area contributed by atoms with Gasteiger partial charge >= 0.3 is 0 Å². The number of unbranched alkanes of at least 4 members (excludes halogenated alkanes) is 1. The lowest BCUT2D eigenvalue weighted by atomic mass is 9.93. The van der Waals surface area contributed by atoms with Crippen molar-refractivity contribution in [1.29, 1.82) is 0 Å². The zero-order chi connectivity index (χ0) is 34.4. The number of benzene rings is 1. The summed E-state index contributed by atoms with van der Waals surface area (Å²) in [6.45, 7) is 17.6. The number of amides is 2.